The maximum Gasteiger partial charge on any atom is 0.322 e. The van der Waals surface area contributed by atoms with E-state index < -0.39 is 6.04 Å². The molecule has 1 unspecified atom stereocenters. The van der Waals surface area contributed by atoms with Crippen molar-refractivity contribution in [2.75, 3.05) is 6.54 Å². The number of nitrogens with one attached hydrogen (secondary N) is 1. The predicted octanol–water partition coefficient (Wildman–Crippen LogP) is 5.07. The normalized spacial score (nSPS) is 16.7. The summed E-state index contributed by atoms with van der Waals surface area (Å²) < 4.78 is 5.62. The van der Waals surface area contributed by atoms with Crippen molar-refractivity contribution in [2.24, 2.45) is 0 Å². The van der Waals surface area contributed by atoms with Gasteiger partial charge in [-0.25, -0.2) is 4.79 Å². The first-order chi connectivity index (χ1) is 14.1. The molecule has 0 fully saturated rings. The first kappa shape index (κ1) is 19.0. The van der Waals surface area contributed by atoms with E-state index >= 15 is 0 Å². The Kier molecular flexibility index (Phi) is 5.18. The van der Waals surface area contributed by atoms with Crippen LogP contribution in [0.25, 0.3) is 17.0 Å². The molecule has 2 aromatic carbocycles. The second-order valence-corrected chi connectivity index (χ2v) is 7.06. The first-order valence-electron chi connectivity index (χ1n) is 9.13. The highest BCUT2D eigenvalue weighted by atomic mass is 35.5. The van der Waals surface area contributed by atoms with Gasteiger partial charge in [0.25, 0.3) is 5.89 Å². The Morgan fingerprint density at radius 1 is 1.21 bits per heavy atom. The fourth-order valence-electron chi connectivity index (χ4n) is 3.35. The molecule has 0 bridgehead atoms. The van der Waals surface area contributed by atoms with Crippen molar-refractivity contribution in [3.63, 3.8) is 0 Å². The number of urea groups is 1. The van der Waals surface area contributed by atoms with Gasteiger partial charge in [-0.3, -0.25) is 4.90 Å². The number of allylic oxidation sites excluding steroid dienone is 1. The number of amides is 2. The highest BCUT2D eigenvalue weighted by Gasteiger charge is 2.35. The van der Waals surface area contributed by atoms with E-state index in [0.717, 1.165) is 22.4 Å². The monoisotopic (exact) mass is 406 g/mol. The van der Waals surface area contributed by atoms with Crippen LogP contribution in [0.4, 0.5) is 4.79 Å². The molecule has 1 atom stereocenters. The van der Waals surface area contributed by atoms with E-state index in [-0.39, 0.29) is 6.03 Å². The van der Waals surface area contributed by atoms with Gasteiger partial charge in [-0.15, -0.1) is 6.58 Å². The van der Waals surface area contributed by atoms with E-state index in [2.05, 4.69) is 22.0 Å². The van der Waals surface area contributed by atoms with Gasteiger partial charge in [-0.05, 0) is 24.6 Å². The molecule has 3 aromatic rings. The molecule has 0 saturated heterocycles. The minimum Gasteiger partial charge on any atom is -0.334 e. The topological polar surface area (TPSA) is 71.3 Å². The van der Waals surface area contributed by atoms with Gasteiger partial charge < -0.3 is 9.84 Å². The van der Waals surface area contributed by atoms with Gasteiger partial charge in [0, 0.05) is 22.8 Å². The predicted molar refractivity (Wildman–Crippen MR) is 112 cm³/mol. The molecule has 29 heavy (non-hydrogen) atoms. The summed E-state index contributed by atoms with van der Waals surface area (Å²) >= 11 is 6.04. The number of hydrogen-bond acceptors (Lipinski definition) is 4. The minimum absolute atomic E-state index is 0.214. The number of rotatable bonds is 5. The number of carbonyl (C=O) groups excluding carboxylic acids is 1. The van der Waals surface area contributed by atoms with E-state index in [0.29, 0.717) is 23.3 Å². The Hall–Kier alpha value is -3.38. The summed E-state index contributed by atoms with van der Waals surface area (Å²) in [5, 5.41) is 7.78. The molecule has 146 valence electrons. The third-order valence-electron chi connectivity index (χ3n) is 4.80. The average molecular weight is 407 g/mol. The van der Waals surface area contributed by atoms with Crippen LogP contribution in [0.15, 0.2) is 77.5 Å². The van der Waals surface area contributed by atoms with Gasteiger partial charge in [0.2, 0.25) is 5.82 Å². The van der Waals surface area contributed by atoms with Crippen LogP contribution in [0.2, 0.25) is 5.02 Å². The minimum atomic E-state index is -0.440. The van der Waals surface area contributed by atoms with Crippen LogP contribution in [0, 0.1) is 0 Å². The number of nitrogens with zero attached hydrogens (tertiary/aromatic N) is 3. The quantitative estimate of drug-likeness (QED) is 0.600. The van der Waals surface area contributed by atoms with E-state index in [4.69, 9.17) is 16.1 Å². The van der Waals surface area contributed by atoms with Crippen molar-refractivity contribution in [1.29, 1.82) is 0 Å². The molecular weight excluding hydrogens is 388 g/mol. The highest BCUT2D eigenvalue weighted by Crippen LogP contribution is 2.37. The van der Waals surface area contributed by atoms with Crippen LogP contribution in [0.5, 0.6) is 0 Å². The lowest BCUT2D eigenvalue weighted by Crippen LogP contribution is -2.46. The summed E-state index contributed by atoms with van der Waals surface area (Å²) in [4.78, 5) is 18.9. The van der Waals surface area contributed by atoms with Crippen molar-refractivity contribution in [1.82, 2.24) is 20.4 Å². The number of benzene rings is 2. The molecule has 1 aliphatic rings. The third kappa shape index (κ3) is 3.67. The van der Waals surface area contributed by atoms with Crippen molar-refractivity contribution >= 4 is 23.2 Å². The van der Waals surface area contributed by atoms with E-state index in [1.165, 1.54) is 0 Å². The van der Waals surface area contributed by atoms with Gasteiger partial charge in [0.1, 0.15) is 0 Å². The third-order valence-corrected chi connectivity index (χ3v) is 5.05. The molecular formula is C22H19ClN4O2. The van der Waals surface area contributed by atoms with E-state index in [1.54, 1.807) is 23.1 Å². The number of halogens is 1. The van der Waals surface area contributed by atoms with Crippen molar-refractivity contribution in [3.8, 4) is 11.4 Å². The molecule has 4 rings (SSSR count). The molecule has 0 radical (unpaired) electrons. The van der Waals surface area contributed by atoms with Crippen LogP contribution in [0.3, 0.4) is 0 Å². The smallest absolute Gasteiger partial charge is 0.322 e. The lowest BCUT2D eigenvalue weighted by Gasteiger charge is -2.34. The molecule has 6 nitrogen and oxygen atoms in total. The SMILES string of the molecule is C=CCN1C(=O)NC(c2ccc(Cl)cc2)C(c2nc(-c3ccccc3)no2)=C1C. The van der Waals surface area contributed by atoms with Crippen molar-refractivity contribution in [3.05, 3.63) is 89.4 Å². The zero-order valence-electron chi connectivity index (χ0n) is 15.8. The molecule has 2 amide bonds. The molecule has 1 aliphatic heterocycles. The molecule has 7 heteroatoms. The largest absolute Gasteiger partial charge is 0.334 e. The summed E-state index contributed by atoms with van der Waals surface area (Å²) in [5.41, 5.74) is 3.20. The molecule has 1 aromatic heterocycles. The maximum absolute atomic E-state index is 12.7. The van der Waals surface area contributed by atoms with Gasteiger partial charge in [-0.2, -0.15) is 4.98 Å². The summed E-state index contributed by atoms with van der Waals surface area (Å²) in [6, 6.07) is 16.3. The number of hydrogen-bond donors (Lipinski definition) is 1. The highest BCUT2D eigenvalue weighted by molar-refractivity contribution is 6.30. The molecule has 0 spiro atoms. The molecule has 1 N–H and O–H groups in total. The van der Waals surface area contributed by atoms with Gasteiger partial charge in [-0.1, -0.05) is 65.3 Å². The fourth-order valence-corrected chi connectivity index (χ4v) is 3.48. The Morgan fingerprint density at radius 3 is 2.62 bits per heavy atom. The van der Waals surface area contributed by atoms with Crippen molar-refractivity contribution < 1.29 is 9.32 Å². The Bertz CT molecular complexity index is 1070. The zero-order valence-corrected chi connectivity index (χ0v) is 16.6. The lowest BCUT2D eigenvalue weighted by molar-refractivity contribution is 0.209. The number of aromatic nitrogens is 2. The summed E-state index contributed by atoms with van der Waals surface area (Å²) in [6.45, 7) is 5.98. The standard InChI is InChI=1S/C22H19ClN4O2/c1-3-13-27-14(2)18(19(24-22(27)28)15-9-11-17(23)12-10-15)21-25-20(26-29-21)16-7-5-4-6-8-16/h3-12,19H,1,13H2,2H3,(H,24,28). The van der Waals surface area contributed by atoms with Crippen LogP contribution in [0.1, 0.15) is 24.4 Å². The molecule has 2 heterocycles. The Balaban J connectivity index is 1.82. The van der Waals surface area contributed by atoms with Gasteiger partial charge >= 0.3 is 6.03 Å². The Morgan fingerprint density at radius 2 is 1.93 bits per heavy atom. The molecule has 0 aliphatic carbocycles. The second kappa shape index (κ2) is 7.93. The summed E-state index contributed by atoms with van der Waals surface area (Å²) in [6.07, 6.45) is 1.67. The lowest BCUT2D eigenvalue weighted by atomic mass is 9.94. The summed E-state index contributed by atoms with van der Waals surface area (Å²) in [5.74, 6) is 0.846. The second-order valence-electron chi connectivity index (χ2n) is 6.62. The van der Waals surface area contributed by atoms with Crippen LogP contribution in [-0.2, 0) is 0 Å². The maximum atomic E-state index is 12.7. The average Bonchev–Trinajstić information content (AvgIpc) is 3.22. The van der Waals surface area contributed by atoms with E-state index in [9.17, 15) is 4.79 Å². The van der Waals surface area contributed by atoms with Crippen molar-refractivity contribution in [2.45, 2.75) is 13.0 Å². The fraction of sp³-hybridized carbons (Fsp3) is 0.136. The zero-order chi connectivity index (χ0) is 20.4. The van der Waals surface area contributed by atoms with Gasteiger partial charge in [0.05, 0.1) is 11.6 Å². The first-order valence-corrected chi connectivity index (χ1v) is 9.51. The van der Waals surface area contributed by atoms with Crippen LogP contribution in [-0.4, -0.2) is 27.6 Å². The summed E-state index contributed by atoms with van der Waals surface area (Å²) in [7, 11) is 0. The van der Waals surface area contributed by atoms with Crippen LogP contribution < -0.4 is 5.32 Å². The van der Waals surface area contributed by atoms with E-state index in [1.807, 2.05) is 49.4 Å². The van der Waals surface area contributed by atoms with Crippen LogP contribution >= 0.6 is 11.6 Å². The number of carbonyl (C=O) groups is 1. The molecule has 0 saturated carbocycles. The Labute approximate surface area is 173 Å². The van der Waals surface area contributed by atoms with Gasteiger partial charge in [0.15, 0.2) is 0 Å².